The zero-order chi connectivity index (χ0) is 21.4. The van der Waals surface area contributed by atoms with Crippen LogP contribution in [0.1, 0.15) is 5.56 Å². The topological polar surface area (TPSA) is 13.1 Å². The summed E-state index contributed by atoms with van der Waals surface area (Å²) in [6, 6.07) is 28.3. The molecule has 3 nitrogen and oxygen atoms in total. The summed E-state index contributed by atoms with van der Waals surface area (Å²) in [7, 11) is 0. The highest BCUT2D eigenvalue weighted by molar-refractivity contribution is 9.13. The number of rotatable bonds is 2. The van der Waals surface area contributed by atoms with Crippen LogP contribution in [0.25, 0.3) is 43.6 Å². The molecule has 0 unspecified atom stereocenters. The van der Waals surface area contributed by atoms with Crippen LogP contribution < -0.4 is 0 Å². The van der Waals surface area contributed by atoms with Crippen LogP contribution in [0.15, 0.2) is 87.8 Å². The van der Waals surface area contributed by atoms with Gasteiger partial charge in [-0.1, -0.05) is 66.7 Å². The number of aromatic nitrogens is 2. The standard InChI is InChI=1S/C27H19Br2N3/c28-24-22-18-10-4-6-12-20(18)31-15-30(14-17-8-2-1-3-9-17)16-32-21-13-7-5-11-19(21)23(25(24)29)27(32)26(22)31/h1-13H,14-16H2. The van der Waals surface area contributed by atoms with Crippen LogP contribution in [-0.2, 0) is 19.9 Å². The van der Waals surface area contributed by atoms with Gasteiger partial charge in [-0.05, 0) is 49.6 Å². The number of nitrogens with zero attached hydrogens (tertiary/aromatic N) is 3. The minimum absolute atomic E-state index is 0.845. The lowest BCUT2D eigenvalue weighted by Crippen LogP contribution is -2.26. The quantitative estimate of drug-likeness (QED) is 0.216. The van der Waals surface area contributed by atoms with Crippen LogP contribution in [0.4, 0.5) is 0 Å². The Morgan fingerprint density at radius 3 is 1.59 bits per heavy atom. The molecular weight excluding hydrogens is 526 g/mol. The second kappa shape index (κ2) is 6.95. The normalized spacial score (nSPS) is 14.3. The van der Waals surface area contributed by atoms with Crippen LogP contribution in [0.3, 0.4) is 0 Å². The first kappa shape index (κ1) is 18.9. The van der Waals surface area contributed by atoms with Gasteiger partial charge in [0.15, 0.2) is 0 Å². The number of hydrogen-bond donors (Lipinski definition) is 0. The summed E-state index contributed by atoms with van der Waals surface area (Å²) >= 11 is 7.93. The molecule has 6 aromatic rings. The van der Waals surface area contributed by atoms with Gasteiger partial charge in [-0.3, -0.25) is 4.90 Å². The number of para-hydroxylation sites is 2. The van der Waals surface area contributed by atoms with Gasteiger partial charge in [0.25, 0.3) is 0 Å². The molecule has 32 heavy (non-hydrogen) atoms. The van der Waals surface area contributed by atoms with Gasteiger partial charge >= 0.3 is 0 Å². The highest BCUT2D eigenvalue weighted by atomic mass is 79.9. The first-order valence-corrected chi connectivity index (χ1v) is 12.4. The van der Waals surface area contributed by atoms with Gasteiger partial charge in [0.05, 0.1) is 35.4 Å². The zero-order valence-electron chi connectivity index (χ0n) is 17.2. The van der Waals surface area contributed by atoms with Crippen molar-refractivity contribution in [1.82, 2.24) is 14.0 Å². The molecule has 0 N–H and O–H groups in total. The zero-order valence-corrected chi connectivity index (χ0v) is 20.4. The lowest BCUT2D eigenvalue weighted by molar-refractivity contribution is 0.176. The molecule has 1 aliphatic rings. The van der Waals surface area contributed by atoms with Crippen LogP contribution in [0.2, 0.25) is 0 Å². The largest absolute Gasteiger partial charge is 0.325 e. The fourth-order valence-corrected chi connectivity index (χ4v) is 6.64. The predicted octanol–water partition coefficient (Wildman–Crippen LogP) is 7.86. The summed E-state index contributed by atoms with van der Waals surface area (Å²) in [6.45, 7) is 2.59. The van der Waals surface area contributed by atoms with E-state index in [1.807, 2.05) is 0 Å². The smallest absolute Gasteiger partial charge is 0.0775 e. The van der Waals surface area contributed by atoms with E-state index in [4.69, 9.17) is 0 Å². The van der Waals surface area contributed by atoms with Gasteiger partial charge in [-0.2, -0.15) is 0 Å². The lowest BCUT2D eigenvalue weighted by atomic mass is 10.1. The Morgan fingerprint density at radius 2 is 1.06 bits per heavy atom. The van der Waals surface area contributed by atoms with Crippen molar-refractivity contribution in [2.75, 3.05) is 0 Å². The Morgan fingerprint density at radius 1 is 0.594 bits per heavy atom. The Kier molecular flexibility index (Phi) is 4.11. The van der Waals surface area contributed by atoms with E-state index in [2.05, 4.69) is 125 Å². The van der Waals surface area contributed by atoms with E-state index in [0.717, 1.165) is 28.8 Å². The van der Waals surface area contributed by atoms with Gasteiger partial charge in [0.2, 0.25) is 0 Å². The van der Waals surface area contributed by atoms with Crippen molar-refractivity contribution in [3.8, 4) is 0 Å². The minimum Gasteiger partial charge on any atom is -0.325 e. The third kappa shape index (κ3) is 2.50. The average molecular weight is 545 g/mol. The Hall–Kier alpha value is -2.60. The first-order valence-electron chi connectivity index (χ1n) is 10.8. The fourth-order valence-electron chi connectivity index (χ4n) is 5.44. The molecule has 0 bridgehead atoms. The maximum absolute atomic E-state index is 3.97. The van der Waals surface area contributed by atoms with Crippen LogP contribution in [0.5, 0.6) is 0 Å². The maximum Gasteiger partial charge on any atom is 0.0775 e. The highest BCUT2D eigenvalue weighted by Crippen LogP contribution is 2.48. The number of hydrogen-bond acceptors (Lipinski definition) is 1. The molecule has 156 valence electrons. The fraction of sp³-hybridized carbons (Fsp3) is 0.111. The summed E-state index contributed by atoms with van der Waals surface area (Å²) in [5.74, 6) is 0. The van der Waals surface area contributed by atoms with E-state index in [9.17, 15) is 0 Å². The van der Waals surface area contributed by atoms with Crippen molar-refractivity contribution in [3.63, 3.8) is 0 Å². The summed E-state index contributed by atoms with van der Waals surface area (Å²) in [6.07, 6.45) is 0. The molecule has 4 aromatic carbocycles. The molecule has 7 rings (SSSR count). The van der Waals surface area contributed by atoms with Crippen molar-refractivity contribution < 1.29 is 0 Å². The van der Waals surface area contributed by atoms with Gasteiger partial charge in [-0.15, -0.1) is 0 Å². The first-order chi connectivity index (χ1) is 15.7. The summed E-state index contributed by atoms with van der Waals surface area (Å²) < 4.78 is 7.29. The molecule has 0 aliphatic carbocycles. The molecule has 1 aliphatic heterocycles. The van der Waals surface area contributed by atoms with E-state index in [-0.39, 0.29) is 0 Å². The predicted molar refractivity (Wildman–Crippen MR) is 140 cm³/mol. The second-order valence-corrected chi connectivity index (χ2v) is 10.1. The van der Waals surface area contributed by atoms with Crippen molar-refractivity contribution >= 4 is 75.5 Å². The van der Waals surface area contributed by atoms with Gasteiger partial charge in [0.1, 0.15) is 0 Å². The van der Waals surface area contributed by atoms with Gasteiger partial charge < -0.3 is 9.13 Å². The summed E-state index contributed by atoms with van der Waals surface area (Å²) in [4.78, 5) is 2.54. The molecule has 0 radical (unpaired) electrons. The minimum atomic E-state index is 0.845. The van der Waals surface area contributed by atoms with Crippen molar-refractivity contribution in [1.29, 1.82) is 0 Å². The average Bonchev–Trinajstić information content (AvgIpc) is 3.26. The SMILES string of the molecule is Brc1c(Br)c2c3ccccc3n3c2c2c1c1ccccc1n2CN(Cc1ccccc1)C3. The summed E-state index contributed by atoms with van der Waals surface area (Å²) in [5.41, 5.74) is 6.51. The van der Waals surface area contributed by atoms with E-state index < -0.39 is 0 Å². The molecule has 3 heterocycles. The van der Waals surface area contributed by atoms with Gasteiger partial charge in [-0.25, -0.2) is 0 Å². The lowest BCUT2D eigenvalue weighted by Gasteiger charge is -2.23. The molecular formula is C27H19Br2N3. The molecule has 2 aromatic heterocycles. The van der Waals surface area contributed by atoms with Crippen molar-refractivity contribution in [2.45, 2.75) is 19.9 Å². The maximum atomic E-state index is 3.97. The summed E-state index contributed by atoms with van der Waals surface area (Å²) in [5, 5.41) is 5.14. The number of benzene rings is 4. The van der Waals surface area contributed by atoms with E-state index in [1.54, 1.807) is 0 Å². The van der Waals surface area contributed by atoms with Crippen LogP contribution in [0, 0.1) is 0 Å². The molecule has 0 spiro atoms. The molecule has 5 heteroatoms. The second-order valence-electron chi connectivity index (χ2n) is 8.56. The monoisotopic (exact) mass is 543 g/mol. The molecule has 0 saturated heterocycles. The third-order valence-corrected chi connectivity index (χ3v) is 8.85. The molecule has 0 fully saturated rings. The van der Waals surface area contributed by atoms with E-state index in [1.165, 1.54) is 49.2 Å². The van der Waals surface area contributed by atoms with Crippen molar-refractivity contribution in [3.05, 3.63) is 93.4 Å². The Labute approximate surface area is 202 Å². The van der Waals surface area contributed by atoms with Crippen LogP contribution >= 0.6 is 31.9 Å². The molecule has 0 amide bonds. The van der Waals surface area contributed by atoms with Crippen LogP contribution in [-0.4, -0.2) is 14.0 Å². The highest BCUT2D eigenvalue weighted by Gasteiger charge is 2.28. The van der Waals surface area contributed by atoms with E-state index >= 15 is 0 Å². The third-order valence-electron chi connectivity index (χ3n) is 6.73. The molecule has 0 saturated carbocycles. The Bertz CT molecular complexity index is 1570. The van der Waals surface area contributed by atoms with Crippen molar-refractivity contribution in [2.24, 2.45) is 0 Å². The molecule has 0 atom stereocenters. The van der Waals surface area contributed by atoms with Gasteiger partial charge in [0, 0.05) is 37.0 Å². The van der Waals surface area contributed by atoms with E-state index in [0.29, 0.717) is 0 Å². The Balaban J connectivity index is 1.64. The number of halogens is 2. The number of fused-ring (bicyclic) bond motifs is 6.